The van der Waals surface area contributed by atoms with Gasteiger partial charge in [0.25, 0.3) is 0 Å². The number of fused-ring (bicyclic) bond motifs is 1. The van der Waals surface area contributed by atoms with Crippen molar-refractivity contribution in [3.63, 3.8) is 0 Å². The lowest BCUT2D eigenvalue weighted by Gasteiger charge is -2.32. The summed E-state index contributed by atoms with van der Waals surface area (Å²) in [6.07, 6.45) is 8.96. The summed E-state index contributed by atoms with van der Waals surface area (Å²) in [5.74, 6) is 0.827. The molecule has 0 radical (unpaired) electrons. The number of hydrogen-bond donors (Lipinski definition) is 0. The van der Waals surface area contributed by atoms with Crippen molar-refractivity contribution < 1.29 is 0 Å². The van der Waals surface area contributed by atoms with Gasteiger partial charge in [0.05, 0.1) is 0 Å². The van der Waals surface area contributed by atoms with E-state index < -0.39 is 0 Å². The highest BCUT2D eigenvalue weighted by Gasteiger charge is 2.25. The minimum absolute atomic E-state index is 0.666. The fraction of sp³-hybridized carbons (Fsp3) is 0.500. The van der Waals surface area contributed by atoms with E-state index in [4.69, 9.17) is 11.6 Å². The predicted molar refractivity (Wildman–Crippen MR) is 78.2 cm³/mol. The third-order valence-electron chi connectivity index (χ3n) is 4.46. The van der Waals surface area contributed by atoms with Crippen molar-refractivity contribution in [2.75, 3.05) is 0 Å². The van der Waals surface area contributed by atoms with Gasteiger partial charge < -0.3 is 4.57 Å². The molecule has 1 aliphatic carbocycles. The standard InChI is InChI=1S/C16H20ClN/c1-2-12-6-3-4-8-15(12)18-11-10-13-14(17)7-5-9-16(13)18/h5,7,9-12,15H,2-4,6,8H2,1H3. The zero-order valence-corrected chi connectivity index (χ0v) is 11.7. The first-order valence-electron chi connectivity index (χ1n) is 7.06. The van der Waals surface area contributed by atoms with Crippen LogP contribution in [0.5, 0.6) is 0 Å². The zero-order valence-electron chi connectivity index (χ0n) is 10.9. The molecule has 1 heterocycles. The molecule has 1 aromatic heterocycles. The average Bonchev–Trinajstić information content (AvgIpc) is 2.84. The summed E-state index contributed by atoms with van der Waals surface area (Å²) >= 11 is 6.27. The smallest absolute Gasteiger partial charge is 0.0499 e. The van der Waals surface area contributed by atoms with Crippen LogP contribution < -0.4 is 0 Å². The van der Waals surface area contributed by atoms with Gasteiger partial charge >= 0.3 is 0 Å². The summed E-state index contributed by atoms with van der Waals surface area (Å²) in [7, 11) is 0. The first-order valence-corrected chi connectivity index (χ1v) is 7.44. The third kappa shape index (κ3) is 1.95. The van der Waals surface area contributed by atoms with E-state index in [0.717, 1.165) is 10.9 Å². The average molecular weight is 262 g/mol. The second-order valence-corrected chi connectivity index (χ2v) is 5.82. The van der Waals surface area contributed by atoms with Gasteiger partial charge in [0, 0.05) is 28.2 Å². The Balaban J connectivity index is 2.05. The van der Waals surface area contributed by atoms with Crippen LogP contribution in [-0.2, 0) is 0 Å². The van der Waals surface area contributed by atoms with Gasteiger partial charge in [0.1, 0.15) is 0 Å². The Bertz CT molecular complexity index is 543. The maximum Gasteiger partial charge on any atom is 0.0499 e. The molecule has 0 saturated heterocycles. The van der Waals surface area contributed by atoms with Crippen LogP contribution in [0.1, 0.15) is 45.1 Å². The molecule has 1 fully saturated rings. The zero-order chi connectivity index (χ0) is 12.5. The Hall–Kier alpha value is -0.950. The van der Waals surface area contributed by atoms with Crippen LogP contribution in [0.25, 0.3) is 10.9 Å². The molecule has 2 atom stereocenters. The lowest BCUT2D eigenvalue weighted by atomic mass is 9.82. The Morgan fingerprint density at radius 2 is 2.06 bits per heavy atom. The highest BCUT2D eigenvalue weighted by molar-refractivity contribution is 6.35. The minimum Gasteiger partial charge on any atom is -0.344 e. The van der Waals surface area contributed by atoms with Gasteiger partial charge in [-0.15, -0.1) is 0 Å². The second kappa shape index (κ2) is 4.97. The van der Waals surface area contributed by atoms with E-state index in [0.29, 0.717) is 6.04 Å². The number of halogens is 1. The van der Waals surface area contributed by atoms with Crippen molar-refractivity contribution in [3.8, 4) is 0 Å². The molecule has 96 valence electrons. The SMILES string of the molecule is CCC1CCCCC1n1ccc2c(Cl)cccc21. The fourth-order valence-electron chi connectivity index (χ4n) is 3.47. The van der Waals surface area contributed by atoms with Crippen molar-refractivity contribution in [2.24, 2.45) is 5.92 Å². The van der Waals surface area contributed by atoms with E-state index in [-0.39, 0.29) is 0 Å². The largest absolute Gasteiger partial charge is 0.344 e. The third-order valence-corrected chi connectivity index (χ3v) is 4.79. The van der Waals surface area contributed by atoms with E-state index in [2.05, 4.69) is 35.9 Å². The molecule has 2 aromatic rings. The first kappa shape index (κ1) is 12.1. The summed E-state index contributed by atoms with van der Waals surface area (Å²) in [5, 5.41) is 2.06. The molecule has 1 aliphatic rings. The Kier molecular flexibility index (Phi) is 3.34. The summed E-state index contributed by atoms with van der Waals surface area (Å²) in [6.45, 7) is 2.32. The molecule has 0 bridgehead atoms. The van der Waals surface area contributed by atoms with Gasteiger partial charge in [-0.2, -0.15) is 0 Å². The van der Waals surface area contributed by atoms with Gasteiger partial charge in [-0.25, -0.2) is 0 Å². The normalized spacial score (nSPS) is 24.6. The monoisotopic (exact) mass is 261 g/mol. The topological polar surface area (TPSA) is 4.93 Å². The van der Waals surface area contributed by atoms with E-state index in [1.165, 1.54) is 43.0 Å². The molecular weight excluding hydrogens is 242 g/mol. The van der Waals surface area contributed by atoms with Crippen LogP contribution in [0.3, 0.4) is 0 Å². The highest BCUT2D eigenvalue weighted by atomic mass is 35.5. The Morgan fingerprint density at radius 1 is 1.22 bits per heavy atom. The number of benzene rings is 1. The molecular formula is C16H20ClN. The van der Waals surface area contributed by atoms with E-state index in [9.17, 15) is 0 Å². The van der Waals surface area contributed by atoms with Gasteiger partial charge in [0.15, 0.2) is 0 Å². The molecule has 18 heavy (non-hydrogen) atoms. The van der Waals surface area contributed by atoms with Gasteiger partial charge in [-0.1, -0.05) is 43.9 Å². The number of aromatic nitrogens is 1. The second-order valence-electron chi connectivity index (χ2n) is 5.42. The quantitative estimate of drug-likeness (QED) is 0.679. The van der Waals surface area contributed by atoms with Gasteiger partial charge in [0.2, 0.25) is 0 Å². The molecule has 2 unspecified atom stereocenters. The number of hydrogen-bond acceptors (Lipinski definition) is 0. The molecule has 2 heteroatoms. The molecule has 1 aromatic carbocycles. The van der Waals surface area contributed by atoms with Crippen molar-refractivity contribution in [1.82, 2.24) is 4.57 Å². The van der Waals surface area contributed by atoms with Crippen molar-refractivity contribution >= 4 is 22.5 Å². The number of nitrogens with zero attached hydrogens (tertiary/aromatic N) is 1. The van der Waals surface area contributed by atoms with Crippen LogP contribution in [0.2, 0.25) is 5.02 Å². The summed E-state index contributed by atoms with van der Waals surface area (Å²) in [6, 6.07) is 9.07. The van der Waals surface area contributed by atoms with Crippen LogP contribution in [-0.4, -0.2) is 4.57 Å². The number of rotatable bonds is 2. The maximum atomic E-state index is 6.27. The lowest BCUT2D eigenvalue weighted by Crippen LogP contribution is -2.22. The van der Waals surface area contributed by atoms with Crippen molar-refractivity contribution in [1.29, 1.82) is 0 Å². The Labute approximate surface area is 114 Å². The van der Waals surface area contributed by atoms with Crippen LogP contribution >= 0.6 is 11.6 Å². The highest BCUT2D eigenvalue weighted by Crippen LogP contribution is 2.38. The van der Waals surface area contributed by atoms with Crippen LogP contribution in [0.4, 0.5) is 0 Å². The maximum absolute atomic E-state index is 6.27. The lowest BCUT2D eigenvalue weighted by molar-refractivity contribution is 0.237. The van der Waals surface area contributed by atoms with Crippen LogP contribution in [0.15, 0.2) is 30.5 Å². The fourth-order valence-corrected chi connectivity index (χ4v) is 3.70. The Morgan fingerprint density at radius 3 is 2.89 bits per heavy atom. The molecule has 1 nitrogen and oxygen atoms in total. The van der Waals surface area contributed by atoms with Crippen LogP contribution in [0, 0.1) is 5.92 Å². The molecule has 0 aliphatic heterocycles. The van der Waals surface area contributed by atoms with E-state index in [1.54, 1.807) is 0 Å². The van der Waals surface area contributed by atoms with Crippen molar-refractivity contribution in [3.05, 3.63) is 35.5 Å². The molecule has 3 rings (SSSR count). The van der Waals surface area contributed by atoms with E-state index >= 15 is 0 Å². The van der Waals surface area contributed by atoms with Gasteiger partial charge in [-0.05, 0) is 37.0 Å². The van der Waals surface area contributed by atoms with Gasteiger partial charge in [-0.3, -0.25) is 0 Å². The predicted octanol–water partition coefficient (Wildman–Crippen LogP) is 5.44. The minimum atomic E-state index is 0.666. The summed E-state index contributed by atoms with van der Waals surface area (Å²) in [4.78, 5) is 0. The van der Waals surface area contributed by atoms with Crippen molar-refractivity contribution in [2.45, 2.75) is 45.1 Å². The first-order chi connectivity index (χ1) is 8.81. The molecule has 1 saturated carbocycles. The molecule has 0 amide bonds. The van der Waals surface area contributed by atoms with E-state index in [1.807, 2.05) is 6.07 Å². The molecule has 0 spiro atoms. The summed E-state index contributed by atoms with van der Waals surface area (Å²) in [5.41, 5.74) is 1.30. The molecule has 0 N–H and O–H groups in total. The summed E-state index contributed by atoms with van der Waals surface area (Å²) < 4.78 is 2.47.